The number of ether oxygens (including phenoxy) is 1. The van der Waals surface area contributed by atoms with Crippen LogP contribution in [-0.2, 0) is 10.0 Å². The van der Waals surface area contributed by atoms with Gasteiger partial charge in [-0.2, -0.15) is 4.31 Å². The number of nitro groups is 1. The maximum Gasteiger partial charge on any atom is 0.310 e. The Labute approximate surface area is 129 Å². The van der Waals surface area contributed by atoms with Crippen molar-refractivity contribution in [1.29, 1.82) is 0 Å². The largest absolute Gasteiger partial charge is 0.490 e. The summed E-state index contributed by atoms with van der Waals surface area (Å²) in [7, 11) is -2.46. The fourth-order valence-electron chi connectivity index (χ4n) is 2.47. The standard InChI is InChI=1S/C13H19N3O5S/c1-13(8-14)5-6-15(9-13)22(19,20)10-3-4-11(16(17)18)12(7-10)21-2/h3-4,7H,5-6,8-9,14H2,1-2H3. The average Bonchev–Trinajstić information content (AvgIpc) is 2.90. The van der Waals surface area contributed by atoms with Gasteiger partial charge in [-0.25, -0.2) is 8.42 Å². The van der Waals surface area contributed by atoms with Crippen molar-refractivity contribution in [3.05, 3.63) is 28.3 Å². The second-order valence-corrected chi connectivity index (χ2v) is 7.63. The highest BCUT2D eigenvalue weighted by molar-refractivity contribution is 7.89. The first-order valence-electron chi connectivity index (χ1n) is 6.76. The fraction of sp³-hybridized carbons (Fsp3) is 0.538. The molecular weight excluding hydrogens is 310 g/mol. The van der Waals surface area contributed by atoms with Gasteiger partial charge in [-0.3, -0.25) is 10.1 Å². The summed E-state index contributed by atoms with van der Waals surface area (Å²) >= 11 is 0. The maximum absolute atomic E-state index is 12.6. The van der Waals surface area contributed by atoms with E-state index in [2.05, 4.69) is 0 Å². The first kappa shape index (κ1) is 16.7. The van der Waals surface area contributed by atoms with E-state index < -0.39 is 14.9 Å². The SMILES string of the molecule is COc1cc(S(=O)(=O)N2CCC(C)(CN)C2)ccc1[N+](=O)[O-]. The van der Waals surface area contributed by atoms with Gasteiger partial charge in [0, 0.05) is 25.2 Å². The highest BCUT2D eigenvalue weighted by Crippen LogP contribution is 2.35. The molecule has 0 spiro atoms. The molecule has 0 bridgehead atoms. The van der Waals surface area contributed by atoms with Crippen LogP contribution in [-0.4, -0.2) is 44.4 Å². The molecule has 0 saturated carbocycles. The van der Waals surface area contributed by atoms with Crippen LogP contribution in [0.25, 0.3) is 0 Å². The Kier molecular flexibility index (Phi) is 4.41. The molecule has 1 aromatic carbocycles. The van der Waals surface area contributed by atoms with Crippen LogP contribution in [0.2, 0.25) is 0 Å². The maximum atomic E-state index is 12.6. The summed E-state index contributed by atoms with van der Waals surface area (Å²) in [4.78, 5) is 10.2. The Morgan fingerprint density at radius 1 is 1.50 bits per heavy atom. The van der Waals surface area contributed by atoms with Crippen molar-refractivity contribution >= 4 is 15.7 Å². The molecule has 9 heteroatoms. The highest BCUT2D eigenvalue weighted by Gasteiger charge is 2.39. The zero-order valence-electron chi connectivity index (χ0n) is 12.5. The van der Waals surface area contributed by atoms with E-state index in [4.69, 9.17) is 10.5 Å². The molecule has 1 atom stereocenters. The van der Waals surface area contributed by atoms with Gasteiger partial charge in [-0.05, 0) is 24.4 Å². The molecule has 22 heavy (non-hydrogen) atoms. The van der Waals surface area contributed by atoms with Crippen molar-refractivity contribution in [2.75, 3.05) is 26.7 Å². The van der Waals surface area contributed by atoms with E-state index in [1.54, 1.807) is 0 Å². The molecule has 1 aromatic rings. The molecule has 1 fully saturated rings. The molecule has 1 aliphatic rings. The van der Waals surface area contributed by atoms with Crippen LogP contribution in [0.4, 0.5) is 5.69 Å². The third-order valence-electron chi connectivity index (χ3n) is 4.00. The van der Waals surface area contributed by atoms with E-state index in [1.165, 1.54) is 23.5 Å². The Hall–Kier alpha value is -1.71. The van der Waals surface area contributed by atoms with E-state index in [-0.39, 0.29) is 21.7 Å². The van der Waals surface area contributed by atoms with Crippen LogP contribution in [0.15, 0.2) is 23.1 Å². The molecule has 1 unspecified atom stereocenters. The highest BCUT2D eigenvalue weighted by atomic mass is 32.2. The van der Waals surface area contributed by atoms with E-state index in [0.29, 0.717) is 26.1 Å². The molecule has 0 aliphatic carbocycles. The first-order valence-corrected chi connectivity index (χ1v) is 8.20. The van der Waals surface area contributed by atoms with Crippen LogP contribution >= 0.6 is 0 Å². The van der Waals surface area contributed by atoms with Crippen LogP contribution in [0.5, 0.6) is 5.75 Å². The molecule has 122 valence electrons. The molecule has 2 N–H and O–H groups in total. The quantitative estimate of drug-likeness (QED) is 0.635. The molecule has 0 radical (unpaired) electrons. The lowest BCUT2D eigenvalue weighted by atomic mass is 9.90. The zero-order valence-corrected chi connectivity index (χ0v) is 13.3. The van der Waals surface area contributed by atoms with Gasteiger partial charge in [-0.1, -0.05) is 6.92 Å². The number of hydrogen-bond acceptors (Lipinski definition) is 6. The molecule has 8 nitrogen and oxygen atoms in total. The minimum atomic E-state index is -3.72. The fourth-order valence-corrected chi connectivity index (χ4v) is 4.08. The number of rotatable bonds is 5. The van der Waals surface area contributed by atoms with Gasteiger partial charge in [0.25, 0.3) is 0 Å². The summed E-state index contributed by atoms with van der Waals surface area (Å²) in [6, 6.07) is 3.56. The Morgan fingerprint density at radius 3 is 2.68 bits per heavy atom. The average molecular weight is 329 g/mol. The molecule has 0 amide bonds. The predicted octanol–water partition coefficient (Wildman–Crippen LogP) is 0.963. The van der Waals surface area contributed by atoms with Gasteiger partial charge < -0.3 is 10.5 Å². The van der Waals surface area contributed by atoms with Crippen LogP contribution in [0.3, 0.4) is 0 Å². The minimum absolute atomic E-state index is 0.0174. The van der Waals surface area contributed by atoms with Gasteiger partial charge in [0.1, 0.15) is 0 Å². The van der Waals surface area contributed by atoms with Crippen LogP contribution in [0, 0.1) is 15.5 Å². The van der Waals surface area contributed by atoms with E-state index >= 15 is 0 Å². The Bertz CT molecular complexity index is 691. The number of benzene rings is 1. The summed E-state index contributed by atoms with van der Waals surface area (Å²) < 4.78 is 31.6. The molecule has 2 rings (SSSR count). The molecular formula is C13H19N3O5S. The van der Waals surface area contributed by atoms with E-state index in [1.807, 2.05) is 6.92 Å². The van der Waals surface area contributed by atoms with Crippen LogP contribution in [0.1, 0.15) is 13.3 Å². The van der Waals surface area contributed by atoms with Crippen molar-refractivity contribution in [1.82, 2.24) is 4.31 Å². The van der Waals surface area contributed by atoms with Gasteiger partial charge in [0.15, 0.2) is 5.75 Å². The van der Waals surface area contributed by atoms with Gasteiger partial charge in [-0.15, -0.1) is 0 Å². The van der Waals surface area contributed by atoms with Gasteiger partial charge in [0.05, 0.1) is 16.9 Å². The van der Waals surface area contributed by atoms with Crippen molar-refractivity contribution in [2.45, 2.75) is 18.2 Å². The van der Waals surface area contributed by atoms with E-state index in [9.17, 15) is 18.5 Å². The summed E-state index contributed by atoms with van der Waals surface area (Å²) in [5.74, 6) is -0.0770. The molecule has 1 heterocycles. The first-order chi connectivity index (χ1) is 10.2. The Balaban J connectivity index is 2.37. The van der Waals surface area contributed by atoms with Gasteiger partial charge >= 0.3 is 5.69 Å². The summed E-state index contributed by atoms with van der Waals surface area (Å²) in [5, 5.41) is 10.9. The second kappa shape index (κ2) is 5.82. The Morgan fingerprint density at radius 2 is 2.18 bits per heavy atom. The topological polar surface area (TPSA) is 116 Å². The summed E-state index contributed by atoms with van der Waals surface area (Å²) in [6.07, 6.45) is 0.687. The van der Waals surface area contributed by atoms with Gasteiger partial charge in [0.2, 0.25) is 10.0 Å². The number of sulfonamides is 1. The number of hydrogen-bond donors (Lipinski definition) is 1. The van der Waals surface area contributed by atoms with Crippen molar-refractivity contribution in [3.63, 3.8) is 0 Å². The lowest BCUT2D eigenvalue weighted by molar-refractivity contribution is -0.385. The monoisotopic (exact) mass is 329 g/mol. The lowest BCUT2D eigenvalue weighted by Gasteiger charge is -2.22. The third-order valence-corrected chi connectivity index (χ3v) is 5.84. The number of methoxy groups -OCH3 is 1. The van der Waals surface area contributed by atoms with Crippen molar-refractivity contribution < 1.29 is 18.1 Å². The number of nitrogens with zero attached hydrogens (tertiary/aromatic N) is 2. The summed E-state index contributed by atoms with van der Waals surface area (Å²) in [5.41, 5.74) is 5.19. The lowest BCUT2D eigenvalue weighted by Crippen LogP contribution is -2.34. The van der Waals surface area contributed by atoms with E-state index in [0.717, 1.165) is 6.07 Å². The summed E-state index contributed by atoms with van der Waals surface area (Å²) in [6.45, 7) is 3.07. The van der Waals surface area contributed by atoms with Crippen molar-refractivity contribution in [3.8, 4) is 5.75 Å². The van der Waals surface area contributed by atoms with Crippen molar-refractivity contribution in [2.24, 2.45) is 11.1 Å². The molecule has 0 aromatic heterocycles. The normalized spacial score (nSPS) is 22.7. The second-order valence-electron chi connectivity index (χ2n) is 5.69. The predicted molar refractivity (Wildman–Crippen MR) is 80.2 cm³/mol. The molecule has 1 saturated heterocycles. The number of nitro benzene ring substituents is 1. The van der Waals surface area contributed by atoms with Crippen LogP contribution < -0.4 is 10.5 Å². The molecule has 1 aliphatic heterocycles. The zero-order chi connectivity index (χ0) is 16.5. The number of nitrogens with two attached hydrogens (primary N) is 1. The minimum Gasteiger partial charge on any atom is -0.490 e. The third kappa shape index (κ3) is 2.92. The smallest absolute Gasteiger partial charge is 0.310 e.